The van der Waals surface area contributed by atoms with Crippen LogP contribution < -0.4 is 0 Å². The summed E-state index contributed by atoms with van der Waals surface area (Å²) in [4.78, 5) is 9.94. The zero-order chi connectivity index (χ0) is 8.53. The topological polar surface area (TPSA) is 37.3 Å². The summed E-state index contributed by atoms with van der Waals surface area (Å²) < 4.78 is 0. The number of allylic oxidation sites excluding steroid dienone is 3. The van der Waals surface area contributed by atoms with Gasteiger partial charge in [0.15, 0.2) is 0 Å². The van der Waals surface area contributed by atoms with Crippen molar-refractivity contribution < 1.29 is 9.90 Å². The first kappa shape index (κ1) is 9.51. The SMILES string of the molecule is C#CCC/C=C/C=C/C(=O)O. The van der Waals surface area contributed by atoms with Gasteiger partial charge in [-0.1, -0.05) is 18.2 Å². The second-order valence-corrected chi connectivity index (χ2v) is 1.87. The molecule has 0 bridgehead atoms. The largest absolute Gasteiger partial charge is 0.478 e. The first-order valence-electron chi connectivity index (χ1n) is 3.27. The van der Waals surface area contributed by atoms with Crippen LogP contribution in [0.5, 0.6) is 0 Å². The molecule has 0 radical (unpaired) electrons. The Hall–Kier alpha value is -1.49. The van der Waals surface area contributed by atoms with Crippen molar-refractivity contribution >= 4 is 5.97 Å². The predicted octanol–water partition coefficient (Wildman–Crippen LogP) is 1.60. The Bertz CT molecular complexity index is 206. The monoisotopic (exact) mass is 150 g/mol. The third-order valence-corrected chi connectivity index (χ3v) is 0.941. The van der Waals surface area contributed by atoms with E-state index in [1.54, 1.807) is 6.08 Å². The quantitative estimate of drug-likeness (QED) is 0.286. The van der Waals surface area contributed by atoms with Crippen LogP contribution in [0, 0.1) is 12.3 Å². The van der Waals surface area contributed by atoms with E-state index in [1.165, 1.54) is 6.08 Å². The van der Waals surface area contributed by atoms with E-state index in [1.807, 2.05) is 6.08 Å². The molecule has 0 unspecified atom stereocenters. The molecule has 0 heterocycles. The molecule has 58 valence electrons. The van der Waals surface area contributed by atoms with Crippen LogP contribution in [-0.4, -0.2) is 11.1 Å². The molecule has 2 nitrogen and oxygen atoms in total. The highest BCUT2D eigenvalue weighted by Crippen LogP contribution is 1.88. The highest BCUT2D eigenvalue weighted by molar-refractivity contribution is 5.80. The Kier molecular flexibility index (Phi) is 5.73. The molecule has 0 aromatic rings. The fraction of sp³-hybridized carbons (Fsp3) is 0.222. The zero-order valence-corrected chi connectivity index (χ0v) is 6.16. The molecule has 0 aliphatic carbocycles. The minimum absolute atomic E-state index is 0.692. The predicted molar refractivity (Wildman–Crippen MR) is 44.0 cm³/mol. The third kappa shape index (κ3) is 8.51. The lowest BCUT2D eigenvalue weighted by Crippen LogP contribution is -1.84. The fourth-order valence-electron chi connectivity index (χ4n) is 0.479. The minimum atomic E-state index is -0.938. The van der Waals surface area contributed by atoms with E-state index < -0.39 is 5.97 Å². The Labute approximate surface area is 66.2 Å². The van der Waals surface area contributed by atoms with Crippen LogP contribution in [0.15, 0.2) is 24.3 Å². The van der Waals surface area contributed by atoms with E-state index in [4.69, 9.17) is 11.5 Å². The van der Waals surface area contributed by atoms with E-state index in [0.717, 1.165) is 12.5 Å². The van der Waals surface area contributed by atoms with Gasteiger partial charge in [-0.05, 0) is 6.42 Å². The summed E-state index contributed by atoms with van der Waals surface area (Å²) in [6.07, 6.45) is 12.5. The van der Waals surface area contributed by atoms with Crippen molar-refractivity contribution in [3.8, 4) is 12.3 Å². The highest BCUT2D eigenvalue weighted by atomic mass is 16.4. The van der Waals surface area contributed by atoms with Gasteiger partial charge in [-0.25, -0.2) is 4.79 Å². The molecule has 0 fully saturated rings. The molecular formula is C9H10O2. The molecule has 0 aromatic carbocycles. The standard InChI is InChI=1S/C9H10O2/c1-2-3-4-5-6-7-8-9(10)11/h1,5-8H,3-4H2,(H,10,11)/b6-5+,8-7+. The maximum absolute atomic E-state index is 9.94. The maximum atomic E-state index is 9.94. The molecule has 0 saturated carbocycles. The number of carboxylic acid groups (broad SMARTS) is 1. The number of hydrogen-bond acceptors (Lipinski definition) is 1. The number of unbranched alkanes of at least 4 members (excludes halogenated alkanes) is 1. The van der Waals surface area contributed by atoms with Crippen LogP contribution in [-0.2, 0) is 4.79 Å². The molecule has 0 rings (SSSR count). The molecule has 0 aromatic heterocycles. The van der Waals surface area contributed by atoms with Gasteiger partial charge in [-0.2, -0.15) is 0 Å². The second-order valence-electron chi connectivity index (χ2n) is 1.87. The lowest BCUT2D eigenvalue weighted by atomic mass is 10.3. The van der Waals surface area contributed by atoms with Crippen LogP contribution in [0.3, 0.4) is 0 Å². The van der Waals surface area contributed by atoms with Gasteiger partial charge in [-0.15, -0.1) is 12.3 Å². The van der Waals surface area contributed by atoms with Crippen LogP contribution in [0.25, 0.3) is 0 Å². The van der Waals surface area contributed by atoms with Gasteiger partial charge < -0.3 is 5.11 Å². The van der Waals surface area contributed by atoms with Gasteiger partial charge >= 0.3 is 5.97 Å². The lowest BCUT2D eigenvalue weighted by Gasteiger charge is -1.79. The fourth-order valence-corrected chi connectivity index (χ4v) is 0.479. The Balaban J connectivity index is 3.46. The van der Waals surface area contributed by atoms with Gasteiger partial charge in [-0.3, -0.25) is 0 Å². The summed E-state index contributed by atoms with van der Waals surface area (Å²) in [6.45, 7) is 0. The summed E-state index contributed by atoms with van der Waals surface area (Å²) in [5.74, 6) is 1.54. The first-order chi connectivity index (χ1) is 5.27. The number of hydrogen-bond donors (Lipinski definition) is 1. The van der Waals surface area contributed by atoms with E-state index in [2.05, 4.69) is 5.92 Å². The molecule has 0 aliphatic heterocycles. The van der Waals surface area contributed by atoms with Crippen molar-refractivity contribution in [2.75, 3.05) is 0 Å². The van der Waals surface area contributed by atoms with E-state index in [-0.39, 0.29) is 0 Å². The van der Waals surface area contributed by atoms with Crippen LogP contribution in [0.2, 0.25) is 0 Å². The minimum Gasteiger partial charge on any atom is -0.478 e. The van der Waals surface area contributed by atoms with E-state index >= 15 is 0 Å². The van der Waals surface area contributed by atoms with Crippen molar-refractivity contribution in [3.05, 3.63) is 24.3 Å². The van der Waals surface area contributed by atoms with Crippen LogP contribution in [0.4, 0.5) is 0 Å². The zero-order valence-electron chi connectivity index (χ0n) is 6.16. The molecule has 0 atom stereocenters. The molecule has 2 heteroatoms. The number of terminal acetylenes is 1. The summed E-state index contributed by atoms with van der Waals surface area (Å²) in [7, 11) is 0. The summed E-state index contributed by atoms with van der Waals surface area (Å²) in [5.41, 5.74) is 0. The van der Waals surface area contributed by atoms with Crippen molar-refractivity contribution in [1.82, 2.24) is 0 Å². The smallest absolute Gasteiger partial charge is 0.328 e. The number of rotatable bonds is 4. The highest BCUT2D eigenvalue weighted by Gasteiger charge is 1.79. The molecular weight excluding hydrogens is 140 g/mol. The molecule has 0 aliphatic rings. The molecule has 1 N–H and O–H groups in total. The lowest BCUT2D eigenvalue weighted by molar-refractivity contribution is -0.131. The third-order valence-electron chi connectivity index (χ3n) is 0.941. The number of aliphatic carboxylic acids is 1. The van der Waals surface area contributed by atoms with Gasteiger partial charge in [0.2, 0.25) is 0 Å². The van der Waals surface area contributed by atoms with Gasteiger partial charge in [0.05, 0.1) is 0 Å². The van der Waals surface area contributed by atoms with Crippen molar-refractivity contribution in [3.63, 3.8) is 0 Å². The van der Waals surface area contributed by atoms with E-state index in [9.17, 15) is 4.79 Å². The number of carbonyl (C=O) groups is 1. The van der Waals surface area contributed by atoms with Crippen LogP contribution >= 0.6 is 0 Å². The summed E-state index contributed by atoms with van der Waals surface area (Å²) in [5, 5.41) is 8.16. The Morgan fingerprint density at radius 3 is 2.82 bits per heavy atom. The maximum Gasteiger partial charge on any atom is 0.328 e. The molecule has 0 saturated heterocycles. The van der Waals surface area contributed by atoms with Crippen LogP contribution in [0.1, 0.15) is 12.8 Å². The average molecular weight is 150 g/mol. The Morgan fingerprint density at radius 1 is 1.55 bits per heavy atom. The average Bonchev–Trinajstić information content (AvgIpc) is 1.96. The Morgan fingerprint density at radius 2 is 2.27 bits per heavy atom. The van der Waals surface area contributed by atoms with E-state index in [0.29, 0.717) is 6.42 Å². The first-order valence-corrected chi connectivity index (χ1v) is 3.27. The second kappa shape index (κ2) is 6.63. The van der Waals surface area contributed by atoms with Crippen molar-refractivity contribution in [2.45, 2.75) is 12.8 Å². The van der Waals surface area contributed by atoms with Gasteiger partial charge in [0.1, 0.15) is 0 Å². The summed E-state index contributed by atoms with van der Waals surface area (Å²) in [6, 6.07) is 0. The van der Waals surface area contributed by atoms with Gasteiger partial charge in [0, 0.05) is 12.5 Å². The molecule has 11 heavy (non-hydrogen) atoms. The van der Waals surface area contributed by atoms with Crippen molar-refractivity contribution in [2.24, 2.45) is 0 Å². The normalized spacial score (nSPS) is 10.5. The number of carboxylic acids is 1. The summed E-state index contributed by atoms with van der Waals surface area (Å²) >= 11 is 0. The van der Waals surface area contributed by atoms with Crippen molar-refractivity contribution in [1.29, 1.82) is 0 Å². The molecule has 0 amide bonds. The van der Waals surface area contributed by atoms with Gasteiger partial charge in [0.25, 0.3) is 0 Å². The molecule has 0 spiro atoms.